The molecule has 1 fully saturated rings. The highest BCUT2D eigenvalue weighted by molar-refractivity contribution is 8.01. The smallest absolute Gasteiger partial charge is 0.341 e. The highest BCUT2D eigenvalue weighted by Gasteiger charge is 2.36. The zero-order valence-electron chi connectivity index (χ0n) is 16.0. The first kappa shape index (κ1) is 19.4. The van der Waals surface area contributed by atoms with Gasteiger partial charge in [-0.25, -0.2) is 0 Å². The summed E-state index contributed by atoms with van der Waals surface area (Å²) in [5.74, 6) is 0.427. The summed E-state index contributed by atoms with van der Waals surface area (Å²) in [5.41, 5.74) is 0.834. The quantitative estimate of drug-likeness (QED) is 0.610. The van der Waals surface area contributed by atoms with E-state index < -0.39 is 11.7 Å². The van der Waals surface area contributed by atoms with Gasteiger partial charge < -0.3 is 4.90 Å². The van der Waals surface area contributed by atoms with E-state index in [1.807, 2.05) is 23.1 Å². The van der Waals surface area contributed by atoms with Crippen molar-refractivity contribution in [3.63, 3.8) is 0 Å². The molecule has 5 nitrogen and oxygen atoms in total. The van der Waals surface area contributed by atoms with Crippen molar-refractivity contribution >= 4 is 23.3 Å². The van der Waals surface area contributed by atoms with Crippen molar-refractivity contribution in [3.8, 4) is 0 Å². The molecule has 0 bridgehead atoms. The molecule has 0 spiro atoms. The molecule has 156 valence electrons. The van der Waals surface area contributed by atoms with E-state index in [-0.39, 0.29) is 17.1 Å². The number of likely N-dealkylation sites (tertiary alicyclic amines) is 1. The fourth-order valence-corrected chi connectivity index (χ4v) is 5.55. The average molecular weight is 432 g/mol. The number of amides is 1. The number of benzene rings is 1. The largest absolute Gasteiger partial charge is 0.417 e. The molecule has 9 heteroatoms. The van der Waals surface area contributed by atoms with Gasteiger partial charge in [0.25, 0.3) is 0 Å². The number of pyridine rings is 1. The van der Waals surface area contributed by atoms with E-state index in [1.54, 1.807) is 11.8 Å². The molecule has 0 saturated carbocycles. The highest BCUT2D eigenvalue weighted by Crippen LogP contribution is 2.38. The minimum Gasteiger partial charge on any atom is -0.341 e. The van der Waals surface area contributed by atoms with Crippen molar-refractivity contribution in [2.75, 3.05) is 13.1 Å². The van der Waals surface area contributed by atoms with E-state index in [1.165, 1.54) is 16.0 Å². The summed E-state index contributed by atoms with van der Waals surface area (Å²) in [5, 5.41) is 8.05. The predicted molar refractivity (Wildman–Crippen MR) is 106 cm³/mol. The van der Waals surface area contributed by atoms with Gasteiger partial charge in [0.15, 0.2) is 5.65 Å². The normalized spacial score (nSPS) is 21.8. The SMILES string of the molecule is O=C(C1Cc2ccccc2S1)N1CCCC(c2nnc3ccc(C(F)(F)F)cn23)C1. The van der Waals surface area contributed by atoms with E-state index in [9.17, 15) is 18.0 Å². The van der Waals surface area contributed by atoms with Crippen LogP contribution in [0, 0.1) is 0 Å². The van der Waals surface area contributed by atoms with E-state index in [0.717, 1.165) is 30.0 Å². The van der Waals surface area contributed by atoms with Crippen LogP contribution in [0.1, 0.15) is 35.7 Å². The zero-order valence-corrected chi connectivity index (χ0v) is 16.8. The molecular weight excluding hydrogens is 413 g/mol. The van der Waals surface area contributed by atoms with Crippen molar-refractivity contribution in [1.82, 2.24) is 19.5 Å². The van der Waals surface area contributed by atoms with Gasteiger partial charge in [0.1, 0.15) is 5.82 Å². The Balaban J connectivity index is 1.36. The van der Waals surface area contributed by atoms with Crippen molar-refractivity contribution in [2.24, 2.45) is 0 Å². The molecule has 5 rings (SSSR count). The number of nitrogens with zero attached hydrogens (tertiary/aromatic N) is 4. The summed E-state index contributed by atoms with van der Waals surface area (Å²) in [6.07, 6.45) is -1.12. The van der Waals surface area contributed by atoms with E-state index in [0.29, 0.717) is 31.0 Å². The van der Waals surface area contributed by atoms with Crippen molar-refractivity contribution < 1.29 is 18.0 Å². The number of hydrogen-bond acceptors (Lipinski definition) is 4. The first-order chi connectivity index (χ1) is 14.4. The Bertz CT molecular complexity index is 1090. The van der Waals surface area contributed by atoms with Crippen LogP contribution in [0.25, 0.3) is 5.65 Å². The Kier molecular flexibility index (Phi) is 4.72. The Morgan fingerprint density at radius 1 is 1.13 bits per heavy atom. The van der Waals surface area contributed by atoms with Gasteiger partial charge in [-0.3, -0.25) is 9.20 Å². The second-order valence-electron chi connectivity index (χ2n) is 7.74. The van der Waals surface area contributed by atoms with Crippen molar-refractivity contribution in [2.45, 2.75) is 41.5 Å². The molecule has 2 unspecified atom stereocenters. The minimum absolute atomic E-state index is 0.0886. The number of carbonyl (C=O) groups excluding carboxylic acids is 1. The van der Waals surface area contributed by atoms with Crippen molar-refractivity contribution in [1.29, 1.82) is 0 Å². The topological polar surface area (TPSA) is 50.5 Å². The zero-order chi connectivity index (χ0) is 20.9. The summed E-state index contributed by atoms with van der Waals surface area (Å²) in [4.78, 5) is 16.1. The monoisotopic (exact) mass is 432 g/mol. The standard InChI is InChI=1S/C21H19F3N4OS/c22-21(23,24)15-7-8-18-25-26-19(28(18)12-15)14-5-3-9-27(11-14)20(29)17-10-13-4-1-2-6-16(13)30-17/h1-2,4,6-8,12,14,17H,3,5,9-11H2. The maximum absolute atomic E-state index is 13.1. The van der Waals surface area contributed by atoms with Crippen LogP contribution in [0.5, 0.6) is 0 Å². The summed E-state index contributed by atoms with van der Waals surface area (Å²) in [6.45, 7) is 1.11. The van der Waals surface area contributed by atoms with Crippen molar-refractivity contribution in [3.05, 3.63) is 59.5 Å². The number of fused-ring (bicyclic) bond motifs is 2. The molecule has 2 aliphatic rings. The summed E-state index contributed by atoms with van der Waals surface area (Å²) < 4.78 is 40.8. The molecule has 2 aliphatic heterocycles. The Hall–Kier alpha value is -2.55. The Labute approximate surface area is 175 Å². The summed E-state index contributed by atoms with van der Waals surface area (Å²) in [6, 6.07) is 10.4. The first-order valence-electron chi connectivity index (χ1n) is 9.85. The third-order valence-corrected chi connectivity index (χ3v) is 7.08. The molecule has 3 aromatic rings. The van der Waals surface area contributed by atoms with Gasteiger partial charge in [-0.05, 0) is 43.0 Å². The van der Waals surface area contributed by atoms with Crippen LogP contribution in [0.3, 0.4) is 0 Å². The molecule has 30 heavy (non-hydrogen) atoms. The number of carbonyl (C=O) groups is 1. The van der Waals surface area contributed by atoms with Gasteiger partial charge in [0.2, 0.25) is 5.91 Å². The summed E-state index contributed by atoms with van der Waals surface area (Å²) in [7, 11) is 0. The molecule has 2 aromatic heterocycles. The van der Waals surface area contributed by atoms with E-state index >= 15 is 0 Å². The van der Waals surface area contributed by atoms with Gasteiger partial charge in [0, 0.05) is 30.1 Å². The molecule has 0 N–H and O–H groups in total. The highest BCUT2D eigenvalue weighted by atomic mass is 32.2. The molecular formula is C21H19F3N4OS. The van der Waals surface area contributed by atoms with Crippen LogP contribution in [0.2, 0.25) is 0 Å². The maximum atomic E-state index is 13.1. The van der Waals surface area contributed by atoms with Gasteiger partial charge in [-0.2, -0.15) is 13.2 Å². The lowest BCUT2D eigenvalue weighted by molar-refractivity contribution is -0.137. The van der Waals surface area contributed by atoms with Gasteiger partial charge in [0.05, 0.1) is 10.8 Å². The van der Waals surface area contributed by atoms with Crippen LogP contribution in [-0.2, 0) is 17.4 Å². The first-order valence-corrected chi connectivity index (χ1v) is 10.7. The molecule has 2 atom stereocenters. The number of alkyl halides is 3. The summed E-state index contributed by atoms with van der Waals surface area (Å²) >= 11 is 1.59. The van der Waals surface area contributed by atoms with Gasteiger partial charge >= 0.3 is 6.18 Å². The third-order valence-electron chi connectivity index (χ3n) is 5.78. The van der Waals surface area contributed by atoms with Gasteiger partial charge in [-0.1, -0.05) is 18.2 Å². The average Bonchev–Trinajstić information content (AvgIpc) is 3.36. The molecule has 1 saturated heterocycles. The Morgan fingerprint density at radius 2 is 1.97 bits per heavy atom. The maximum Gasteiger partial charge on any atom is 0.417 e. The molecule has 1 aromatic carbocycles. The lowest BCUT2D eigenvalue weighted by Gasteiger charge is -2.33. The minimum atomic E-state index is -4.43. The molecule has 4 heterocycles. The number of hydrogen-bond donors (Lipinski definition) is 0. The number of halogens is 3. The number of rotatable bonds is 2. The predicted octanol–water partition coefficient (Wildman–Crippen LogP) is 4.17. The van der Waals surface area contributed by atoms with Gasteiger partial charge in [-0.15, -0.1) is 22.0 Å². The number of thioether (sulfide) groups is 1. The fraction of sp³-hybridized carbons (Fsp3) is 0.381. The third kappa shape index (κ3) is 3.45. The van der Waals surface area contributed by atoms with E-state index in [4.69, 9.17) is 0 Å². The second kappa shape index (κ2) is 7.30. The molecule has 0 radical (unpaired) electrons. The Morgan fingerprint density at radius 3 is 2.77 bits per heavy atom. The molecule has 0 aliphatic carbocycles. The van der Waals surface area contributed by atoms with Crippen LogP contribution >= 0.6 is 11.8 Å². The second-order valence-corrected chi connectivity index (χ2v) is 8.99. The lowest BCUT2D eigenvalue weighted by atomic mass is 9.96. The van der Waals surface area contributed by atoms with Crippen LogP contribution in [0.15, 0.2) is 47.5 Å². The lowest BCUT2D eigenvalue weighted by Crippen LogP contribution is -2.43. The van der Waals surface area contributed by atoms with Crippen LogP contribution in [0.4, 0.5) is 13.2 Å². The fourth-order valence-electron chi connectivity index (χ4n) is 4.27. The number of aromatic nitrogens is 3. The van der Waals surface area contributed by atoms with E-state index in [2.05, 4.69) is 16.3 Å². The number of piperidine rings is 1. The van der Waals surface area contributed by atoms with Crippen LogP contribution < -0.4 is 0 Å². The molecule has 1 amide bonds. The van der Waals surface area contributed by atoms with Crippen LogP contribution in [-0.4, -0.2) is 43.7 Å².